The Hall–Kier alpha value is -0.200. The van der Waals surface area contributed by atoms with Gasteiger partial charge >= 0.3 is 0 Å². The van der Waals surface area contributed by atoms with Gasteiger partial charge in [-0.2, -0.15) is 0 Å². The van der Waals surface area contributed by atoms with Crippen molar-refractivity contribution in [3.63, 3.8) is 0 Å². The minimum Gasteiger partial charge on any atom is -0.389 e. The summed E-state index contributed by atoms with van der Waals surface area (Å²) in [5, 5.41) is 11.3. The number of nitrogens with one attached hydrogen (secondary N) is 1. The molecule has 0 radical (unpaired) electrons. The first-order valence-corrected chi connectivity index (χ1v) is 5.46. The number of hydrazine groups is 1. The van der Waals surface area contributed by atoms with Crippen LogP contribution in [0.2, 0.25) is 0 Å². The largest absolute Gasteiger partial charge is 0.389 e. The molecule has 0 spiro atoms. The molecule has 2 unspecified atom stereocenters. The van der Waals surface area contributed by atoms with Crippen molar-refractivity contribution >= 4 is 0 Å². The van der Waals surface area contributed by atoms with E-state index >= 15 is 0 Å². The molecule has 1 rings (SSSR count). The van der Waals surface area contributed by atoms with Crippen LogP contribution >= 0.6 is 0 Å². The van der Waals surface area contributed by atoms with E-state index in [-0.39, 0.29) is 6.10 Å². The van der Waals surface area contributed by atoms with Gasteiger partial charge in [0, 0.05) is 27.2 Å². The van der Waals surface area contributed by atoms with E-state index in [0.29, 0.717) is 19.8 Å². The first-order chi connectivity index (χ1) is 7.18. The molecule has 0 aliphatic carbocycles. The van der Waals surface area contributed by atoms with E-state index in [4.69, 9.17) is 9.47 Å². The number of ether oxygens (including phenoxy) is 2. The Bertz CT molecular complexity index is 161. The number of hydrogen-bond acceptors (Lipinski definition) is 5. The minimum atomic E-state index is -0.464. The van der Waals surface area contributed by atoms with Gasteiger partial charge in [0.25, 0.3) is 0 Å². The lowest BCUT2D eigenvalue weighted by molar-refractivity contribution is -0.0195. The van der Waals surface area contributed by atoms with Crippen LogP contribution in [-0.2, 0) is 9.47 Å². The molecule has 1 saturated heterocycles. The number of hydrogen-bond donors (Lipinski definition) is 2. The summed E-state index contributed by atoms with van der Waals surface area (Å²) >= 11 is 0. The molecule has 1 aliphatic rings. The molecule has 0 aromatic rings. The lowest BCUT2D eigenvalue weighted by atomic mass is 10.2. The van der Waals surface area contributed by atoms with Gasteiger partial charge in [-0.15, -0.1) is 0 Å². The molecule has 5 nitrogen and oxygen atoms in total. The molecule has 0 saturated carbocycles. The van der Waals surface area contributed by atoms with Gasteiger partial charge in [0.1, 0.15) is 0 Å². The van der Waals surface area contributed by atoms with Crippen LogP contribution in [0, 0.1) is 0 Å². The summed E-state index contributed by atoms with van der Waals surface area (Å²) in [5.41, 5.74) is 3.00. The fourth-order valence-electron chi connectivity index (χ4n) is 1.46. The van der Waals surface area contributed by atoms with Crippen LogP contribution in [-0.4, -0.2) is 62.8 Å². The number of nitrogens with zero attached hydrogens (tertiary/aromatic N) is 1. The summed E-state index contributed by atoms with van der Waals surface area (Å²) in [6.07, 6.45) is 1.97. The van der Waals surface area contributed by atoms with Gasteiger partial charge < -0.3 is 14.6 Å². The Morgan fingerprint density at radius 2 is 2.40 bits per heavy atom. The summed E-state index contributed by atoms with van der Waals surface area (Å²) < 4.78 is 10.8. The van der Waals surface area contributed by atoms with Gasteiger partial charge in [-0.25, -0.2) is 0 Å². The van der Waals surface area contributed by atoms with Crippen molar-refractivity contribution in [2.24, 2.45) is 0 Å². The maximum absolute atomic E-state index is 9.52. The minimum absolute atomic E-state index is 0.235. The molecule has 1 fully saturated rings. The molecule has 1 heterocycles. The Morgan fingerprint density at radius 3 is 3.00 bits per heavy atom. The van der Waals surface area contributed by atoms with Crippen molar-refractivity contribution in [1.82, 2.24) is 10.4 Å². The molecule has 5 heteroatoms. The Morgan fingerprint density at radius 1 is 1.60 bits per heavy atom. The maximum atomic E-state index is 9.52. The quantitative estimate of drug-likeness (QED) is 0.570. The molecule has 0 bridgehead atoms. The van der Waals surface area contributed by atoms with Crippen molar-refractivity contribution in [3.8, 4) is 0 Å². The summed E-state index contributed by atoms with van der Waals surface area (Å²) in [6.45, 7) is 2.32. The zero-order chi connectivity index (χ0) is 11.1. The van der Waals surface area contributed by atoms with E-state index < -0.39 is 6.10 Å². The van der Waals surface area contributed by atoms with Crippen LogP contribution in [0.25, 0.3) is 0 Å². The third-order valence-corrected chi connectivity index (χ3v) is 2.28. The van der Waals surface area contributed by atoms with Crippen molar-refractivity contribution in [3.05, 3.63) is 0 Å². The summed E-state index contributed by atoms with van der Waals surface area (Å²) in [7, 11) is 3.78. The van der Waals surface area contributed by atoms with E-state index in [2.05, 4.69) is 5.43 Å². The predicted octanol–water partition coefficient (Wildman–Crippen LogP) is -0.391. The van der Waals surface area contributed by atoms with Crippen molar-refractivity contribution < 1.29 is 14.6 Å². The first kappa shape index (κ1) is 12.9. The molecule has 0 aromatic heterocycles. The highest BCUT2D eigenvalue weighted by Gasteiger charge is 2.15. The molecule has 90 valence electrons. The second-order valence-corrected chi connectivity index (χ2v) is 4.08. The van der Waals surface area contributed by atoms with E-state index in [0.717, 1.165) is 19.4 Å². The number of aliphatic hydroxyl groups excluding tert-OH is 1. The maximum Gasteiger partial charge on any atom is 0.0911 e. The first-order valence-electron chi connectivity index (χ1n) is 5.46. The van der Waals surface area contributed by atoms with Crippen molar-refractivity contribution in [1.29, 1.82) is 0 Å². The van der Waals surface area contributed by atoms with Gasteiger partial charge in [-0.3, -0.25) is 10.4 Å². The van der Waals surface area contributed by atoms with E-state index in [1.165, 1.54) is 0 Å². The van der Waals surface area contributed by atoms with E-state index in [1.54, 1.807) is 0 Å². The highest BCUT2D eigenvalue weighted by Crippen LogP contribution is 2.11. The zero-order valence-corrected chi connectivity index (χ0v) is 9.61. The smallest absolute Gasteiger partial charge is 0.0911 e. The molecule has 2 N–H and O–H groups in total. The predicted molar refractivity (Wildman–Crippen MR) is 57.5 cm³/mol. The highest BCUT2D eigenvalue weighted by molar-refractivity contribution is 4.64. The van der Waals surface area contributed by atoms with Gasteiger partial charge in [-0.05, 0) is 12.8 Å². The van der Waals surface area contributed by atoms with Gasteiger partial charge in [0.2, 0.25) is 0 Å². The highest BCUT2D eigenvalue weighted by atomic mass is 16.5. The van der Waals surface area contributed by atoms with Crippen LogP contribution in [0.1, 0.15) is 12.8 Å². The third-order valence-electron chi connectivity index (χ3n) is 2.28. The average Bonchev–Trinajstić information content (AvgIpc) is 2.67. The third kappa shape index (κ3) is 6.06. The van der Waals surface area contributed by atoms with Crippen LogP contribution in [0.4, 0.5) is 0 Å². The molecule has 0 amide bonds. The topological polar surface area (TPSA) is 54.0 Å². The van der Waals surface area contributed by atoms with Crippen molar-refractivity contribution in [2.45, 2.75) is 25.0 Å². The SMILES string of the molecule is CN(C)NCC(O)COCC1CCCO1. The lowest BCUT2D eigenvalue weighted by Gasteiger charge is -2.17. The number of aliphatic hydroxyl groups is 1. The zero-order valence-electron chi connectivity index (χ0n) is 9.61. The van der Waals surface area contributed by atoms with Crippen molar-refractivity contribution in [2.75, 3.05) is 40.5 Å². The second kappa shape index (κ2) is 7.14. The summed E-state index contributed by atoms with van der Waals surface area (Å²) in [6, 6.07) is 0. The molecular formula is C10H22N2O3. The fourth-order valence-corrected chi connectivity index (χ4v) is 1.46. The Kier molecular flexibility index (Phi) is 6.12. The van der Waals surface area contributed by atoms with Crippen LogP contribution in [0.3, 0.4) is 0 Å². The fraction of sp³-hybridized carbons (Fsp3) is 1.00. The Balaban J connectivity index is 1.93. The monoisotopic (exact) mass is 218 g/mol. The summed E-state index contributed by atoms with van der Waals surface area (Å²) in [4.78, 5) is 0. The van der Waals surface area contributed by atoms with Gasteiger partial charge in [0.05, 0.1) is 25.4 Å². The lowest BCUT2D eigenvalue weighted by Crippen LogP contribution is -2.38. The summed E-state index contributed by atoms with van der Waals surface area (Å²) in [5.74, 6) is 0. The number of rotatable bonds is 7. The molecule has 1 aliphatic heterocycles. The Labute approximate surface area is 91.3 Å². The van der Waals surface area contributed by atoms with E-state index in [1.807, 2.05) is 19.1 Å². The molecule has 0 aromatic carbocycles. The second-order valence-electron chi connectivity index (χ2n) is 4.08. The van der Waals surface area contributed by atoms with Gasteiger partial charge in [0.15, 0.2) is 0 Å². The van der Waals surface area contributed by atoms with E-state index in [9.17, 15) is 5.11 Å². The molecule has 15 heavy (non-hydrogen) atoms. The molecule has 2 atom stereocenters. The van der Waals surface area contributed by atoms with Crippen LogP contribution < -0.4 is 5.43 Å². The molecular weight excluding hydrogens is 196 g/mol. The average molecular weight is 218 g/mol. The standard InChI is InChI=1S/C10H22N2O3/c1-12(2)11-6-9(13)7-14-8-10-4-3-5-15-10/h9-11,13H,3-8H2,1-2H3. The van der Waals surface area contributed by atoms with Crippen LogP contribution in [0.5, 0.6) is 0 Å². The van der Waals surface area contributed by atoms with Crippen LogP contribution in [0.15, 0.2) is 0 Å². The normalized spacial score (nSPS) is 23.6. The van der Waals surface area contributed by atoms with Gasteiger partial charge in [-0.1, -0.05) is 0 Å².